The Bertz CT molecular complexity index is 2450. The third-order valence-electron chi connectivity index (χ3n) is 14.6. The van der Waals surface area contributed by atoms with Gasteiger partial charge >= 0.3 is 23.9 Å². The number of thioether (sulfide) groups is 1. The number of carbonyl (C=O) groups excluding carboxylic acids is 5. The Hall–Kier alpha value is -6.47. The summed E-state index contributed by atoms with van der Waals surface area (Å²) in [5.74, 6) is -5.56. The van der Waals surface area contributed by atoms with Gasteiger partial charge in [0.1, 0.15) is 12.1 Å². The zero-order valence-corrected chi connectivity index (χ0v) is 47.7. The molecular formula is C57H84N10O13S. The summed E-state index contributed by atoms with van der Waals surface area (Å²) in [5.41, 5.74) is 7.77. The summed E-state index contributed by atoms with van der Waals surface area (Å²) in [6.45, 7) is 5.88. The Balaban J connectivity index is 1.16. The van der Waals surface area contributed by atoms with Gasteiger partial charge in [-0.25, -0.2) is 4.79 Å². The van der Waals surface area contributed by atoms with Crippen molar-refractivity contribution in [3.05, 3.63) is 71.3 Å². The number of unbranched alkanes of at least 4 members (excludes halogenated alkanes) is 1. The molecule has 2 heterocycles. The molecule has 9 N–H and O–H groups in total. The number of carboxylic acid groups (broad SMARTS) is 4. The maximum atomic E-state index is 13.9. The van der Waals surface area contributed by atoms with Gasteiger partial charge in [-0.2, -0.15) is 0 Å². The zero-order chi connectivity index (χ0) is 58.8. The van der Waals surface area contributed by atoms with Gasteiger partial charge in [0, 0.05) is 89.8 Å². The fourth-order valence-corrected chi connectivity index (χ4v) is 11.6. The minimum Gasteiger partial charge on any atom is -0.480 e. The molecule has 4 unspecified atom stereocenters. The predicted octanol–water partition coefficient (Wildman–Crippen LogP) is 2.26. The number of nitrogens with one attached hydrogen (secondary N) is 3. The Kier molecular flexibility index (Phi) is 27.5. The van der Waals surface area contributed by atoms with Crippen LogP contribution in [0, 0.1) is 5.92 Å². The fraction of sp³-hybridized carbons (Fsp3) is 0.614. The molecule has 0 spiro atoms. The summed E-state index contributed by atoms with van der Waals surface area (Å²) in [5, 5.41) is 46.8. The summed E-state index contributed by atoms with van der Waals surface area (Å²) in [6.07, 6.45) is 8.06. The number of carboxylic acids is 4. The average Bonchev–Trinajstić information content (AvgIpc) is 3.77. The monoisotopic (exact) mass is 1150 g/mol. The van der Waals surface area contributed by atoms with Crippen LogP contribution < -0.4 is 21.7 Å². The molecule has 0 radical (unpaired) electrons. The number of nitrogens with zero attached hydrogens (tertiary/aromatic N) is 6. The van der Waals surface area contributed by atoms with E-state index >= 15 is 0 Å². The standard InChI is InChI=1S/C57H84N10O13S/c1-39(2)34-63-23-24-64(36-51(70)71)25-26-65(37-52(72)73)35-44(66(28-27-63)38-53(74)75)30-41-18-20-42(21-19-41)54(76)62-46(31-40-12-5-3-6-13-40)55(77)59-33-49(68)61-45(57(79)80)16-9-10-22-67-50(69)32-47(56(67)78)81-29-11-17-48(58)60-43-14-7-4-8-15-43/h3,5-6,12-13,18-21,39,43-47H,4,7-11,14-17,22-38H2,1-2H3,(H2,58,60)(H,59,77)(H,61,68)(H,62,76)(H,70,71)(H,72,73)(H,74,75)(H,79,80). The van der Waals surface area contributed by atoms with Gasteiger partial charge < -0.3 is 47.0 Å². The quantitative estimate of drug-likeness (QED) is 0.0241. The topological polar surface area (TPSA) is 325 Å². The van der Waals surface area contributed by atoms with E-state index in [4.69, 9.17) is 5.73 Å². The predicted molar refractivity (Wildman–Crippen MR) is 306 cm³/mol. The number of amides is 5. The lowest BCUT2D eigenvalue weighted by Gasteiger charge is -2.38. The molecule has 2 aromatic rings. The first-order valence-electron chi connectivity index (χ1n) is 28.3. The maximum Gasteiger partial charge on any atom is 0.326 e. The van der Waals surface area contributed by atoms with Crippen LogP contribution in [0.4, 0.5) is 0 Å². The maximum absolute atomic E-state index is 13.9. The second kappa shape index (κ2) is 34.1. The van der Waals surface area contributed by atoms with E-state index in [9.17, 15) is 63.6 Å². The van der Waals surface area contributed by atoms with Crippen molar-refractivity contribution in [2.45, 2.75) is 127 Å². The smallest absolute Gasteiger partial charge is 0.326 e. The minimum absolute atomic E-state index is 0.00460. The molecule has 0 aromatic heterocycles. The molecule has 0 bridgehead atoms. The third kappa shape index (κ3) is 23.9. The van der Waals surface area contributed by atoms with Crippen molar-refractivity contribution in [1.82, 2.24) is 40.4 Å². The van der Waals surface area contributed by atoms with Crippen molar-refractivity contribution < 1.29 is 63.6 Å². The van der Waals surface area contributed by atoms with Gasteiger partial charge in [0.05, 0.1) is 43.3 Å². The van der Waals surface area contributed by atoms with Crippen LogP contribution >= 0.6 is 11.8 Å². The number of imide groups is 1. The van der Waals surface area contributed by atoms with E-state index in [0.29, 0.717) is 74.3 Å². The van der Waals surface area contributed by atoms with Crippen LogP contribution in [0.3, 0.4) is 0 Å². The minimum atomic E-state index is -1.32. The molecule has 3 aliphatic rings. The highest BCUT2D eigenvalue weighted by atomic mass is 32.2. The number of nitrogens with two attached hydrogens (primary N) is 1. The van der Waals surface area contributed by atoms with Crippen molar-refractivity contribution in [2.24, 2.45) is 16.6 Å². The van der Waals surface area contributed by atoms with Crippen LogP contribution in [-0.4, -0.2) is 224 Å². The lowest BCUT2D eigenvalue weighted by Crippen LogP contribution is -2.53. The molecular weight excluding hydrogens is 1060 g/mol. The molecule has 2 aromatic carbocycles. The lowest BCUT2D eigenvalue weighted by atomic mass is 9.96. The summed E-state index contributed by atoms with van der Waals surface area (Å²) in [7, 11) is 0. The van der Waals surface area contributed by atoms with E-state index in [2.05, 4.69) is 39.7 Å². The number of aliphatic imine (C=N–C) groups is 1. The van der Waals surface area contributed by atoms with Gasteiger partial charge in [-0.3, -0.25) is 62.9 Å². The van der Waals surface area contributed by atoms with Crippen LogP contribution in [0.25, 0.3) is 0 Å². The van der Waals surface area contributed by atoms with Gasteiger partial charge in [-0.05, 0) is 79.9 Å². The Morgan fingerprint density at radius 1 is 0.728 bits per heavy atom. The number of rotatable bonds is 30. The van der Waals surface area contributed by atoms with Crippen LogP contribution in [0.15, 0.2) is 59.6 Å². The van der Waals surface area contributed by atoms with Crippen LogP contribution in [0.2, 0.25) is 0 Å². The molecule has 23 nitrogen and oxygen atoms in total. The van der Waals surface area contributed by atoms with Crippen LogP contribution in [0.5, 0.6) is 0 Å². The molecule has 81 heavy (non-hydrogen) atoms. The van der Waals surface area contributed by atoms with Crippen molar-refractivity contribution in [1.29, 1.82) is 0 Å². The largest absolute Gasteiger partial charge is 0.480 e. The van der Waals surface area contributed by atoms with E-state index in [-0.39, 0.29) is 101 Å². The van der Waals surface area contributed by atoms with Gasteiger partial charge in [0.15, 0.2) is 0 Å². The van der Waals surface area contributed by atoms with E-state index in [0.717, 1.165) is 19.3 Å². The van der Waals surface area contributed by atoms with Crippen LogP contribution in [0.1, 0.15) is 106 Å². The normalized spacial score (nSPS) is 19.5. The van der Waals surface area contributed by atoms with Crippen LogP contribution in [-0.2, 0) is 51.2 Å². The number of carbonyl (C=O) groups is 9. The summed E-state index contributed by atoms with van der Waals surface area (Å²) in [4.78, 5) is 128. The number of amidine groups is 1. The highest BCUT2D eigenvalue weighted by molar-refractivity contribution is 8.00. The van der Waals surface area contributed by atoms with Crippen molar-refractivity contribution >= 4 is 71.0 Å². The number of benzene rings is 2. The highest BCUT2D eigenvalue weighted by Crippen LogP contribution is 2.27. The molecule has 4 atom stereocenters. The Morgan fingerprint density at radius 2 is 1.37 bits per heavy atom. The first-order chi connectivity index (χ1) is 38.7. The number of hydrogen-bond donors (Lipinski definition) is 8. The number of hydrogen-bond acceptors (Lipinski definition) is 15. The van der Waals surface area contributed by atoms with Crippen molar-refractivity contribution in [2.75, 3.05) is 90.8 Å². The summed E-state index contributed by atoms with van der Waals surface area (Å²) in [6, 6.07) is 12.7. The highest BCUT2D eigenvalue weighted by Gasteiger charge is 2.38. The molecule has 446 valence electrons. The molecule has 2 aliphatic heterocycles. The second-order valence-electron chi connectivity index (χ2n) is 21.8. The van der Waals surface area contributed by atoms with Gasteiger partial charge in [0.2, 0.25) is 23.6 Å². The van der Waals surface area contributed by atoms with E-state index < -0.39 is 71.5 Å². The van der Waals surface area contributed by atoms with E-state index in [1.807, 2.05) is 4.90 Å². The number of aliphatic carboxylic acids is 4. The van der Waals surface area contributed by atoms with Gasteiger partial charge in [-0.1, -0.05) is 75.6 Å². The number of likely N-dealkylation sites (tertiary alicyclic amines) is 1. The molecule has 2 saturated heterocycles. The molecule has 1 aliphatic carbocycles. The first-order valence-corrected chi connectivity index (χ1v) is 29.4. The fourth-order valence-electron chi connectivity index (χ4n) is 10.5. The van der Waals surface area contributed by atoms with Gasteiger partial charge in [-0.15, -0.1) is 11.8 Å². The third-order valence-corrected chi connectivity index (χ3v) is 15.9. The zero-order valence-electron chi connectivity index (χ0n) is 46.9. The second-order valence-corrected chi connectivity index (χ2v) is 23.1. The summed E-state index contributed by atoms with van der Waals surface area (Å²) >= 11 is 1.43. The van der Waals surface area contributed by atoms with Crippen molar-refractivity contribution in [3.63, 3.8) is 0 Å². The molecule has 1 saturated carbocycles. The molecule has 24 heteroatoms. The summed E-state index contributed by atoms with van der Waals surface area (Å²) < 4.78 is 0. The SMILES string of the molecule is CC(C)CN1CCN(CC(=O)O)CCN(CC(=O)O)CC(Cc2ccc(C(=O)NC(Cc3ccccc3)C(=O)NCC(=O)NC(CCCCN3C(=O)CC(SCCCC(N)=NC4CCCCC4)C3=O)C(=O)O)cc2)N(CC(=O)O)CC1. The Labute approximate surface area is 478 Å². The Morgan fingerprint density at radius 3 is 2.02 bits per heavy atom. The lowest BCUT2D eigenvalue weighted by molar-refractivity contribution is -0.142. The van der Waals surface area contributed by atoms with Gasteiger partial charge in [0.25, 0.3) is 5.91 Å². The average molecular weight is 1150 g/mol. The molecule has 5 rings (SSSR count). The first kappa shape index (κ1) is 65.3. The van der Waals surface area contributed by atoms with Crippen molar-refractivity contribution in [3.8, 4) is 0 Å². The molecule has 3 fully saturated rings. The van der Waals surface area contributed by atoms with E-state index in [1.165, 1.54) is 35.9 Å². The van der Waals surface area contributed by atoms with E-state index in [1.54, 1.807) is 64.4 Å². The molecule has 5 amide bonds.